The number of hydrogen-bond acceptors (Lipinski definition) is 4. The van der Waals surface area contributed by atoms with Crippen LogP contribution in [0.2, 0.25) is 0 Å². The molecule has 0 aliphatic rings. The number of hydrogen-bond donors (Lipinski definition) is 4. The summed E-state index contributed by atoms with van der Waals surface area (Å²) < 4.78 is 5.84. The highest BCUT2D eigenvalue weighted by atomic mass is 16.5. The van der Waals surface area contributed by atoms with Crippen molar-refractivity contribution in [2.24, 2.45) is 5.84 Å². The molecule has 0 atom stereocenters. The number of fused-ring (bicyclic) bond motifs is 2. The summed E-state index contributed by atoms with van der Waals surface area (Å²) in [5.74, 6) is 5.59. The fourth-order valence-corrected chi connectivity index (χ4v) is 3.16. The van der Waals surface area contributed by atoms with Gasteiger partial charge < -0.3 is 15.0 Å². The number of nitrogens with one attached hydrogen (secondary N) is 3. The van der Waals surface area contributed by atoms with Gasteiger partial charge in [0.05, 0.1) is 0 Å². The van der Waals surface area contributed by atoms with Gasteiger partial charge in [-0.3, -0.25) is 16.1 Å². The molecular formula is C21H20N4O2. The average Bonchev–Trinajstić information content (AvgIpc) is 3.07. The van der Waals surface area contributed by atoms with Crippen LogP contribution in [0.1, 0.15) is 10.5 Å². The van der Waals surface area contributed by atoms with Crippen LogP contribution in [0, 0.1) is 0 Å². The zero-order valence-corrected chi connectivity index (χ0v) is 14.7. The van der Waals surface area contributed by atoms with E-state index in [-0.39, 0.29) is 5.91 Å². The Morgan fingerprint density at radius 3 is 2.56 bits per heavy atom. The number of carbonyl (C=O) groups excluding carboxylic acids is 1. The molecule has 0 spiro atoms. The Kier molecular flexibility index (Phi) is 4.74. The zero-order valence-electron chi connectivity index (χ0n) is 14.7. The number of ether oxygens (including phenoxy) is 1. The van der Waals surface area contributed by atoms with Crippen LogP contribution in [0.25, 0.3) is 21.7 Å². The molecule has 0 unspecified atom stereocenters. The van der Waals surface area contributed by atoms with E-state index in [4.69, 9.17) is 10.6 Å². The minimum Gasteiger partial charge on any atom is -0.489 e. The molecule has 0 saturated carbocycles. The maximum Gasteiger partial charge on any atom is 0.276 e. The summed E-state index contributed by atoms with van der Waals surface area (Å²) in [5.41, 5.74) is 4.54. The molecule has 0 aliphatic carbocycles. The van der Waals surface area contributed by atoms with E-state index in [9.17, 15) is 4.79 Å². The minimum atomic E-state index is -0.252. The molecule has 136 valence electrons. The SMILES string of the molecule is NNCCOc1c(C(=O)Nc2cccc3ccccc23)[nH]c2ccccc12. The first-order valence-corrected chi connectivity index (χ1v) is 8.74. The number of H-pyrrole nitrogens is 1. The fraction of sp³-hybridized carbons (Fsp3) is 0.0952. The number of benzene rings is 3. The van der Waals surface area contributed by atoms with E-state index in [1.54, 1.807) is 0 Å². The van der Waals surface area contributed by atoms with Crippen LogP contribution in [0.4, 0.5) is 5.69 Å². The van der Waals surface area contributed by atoms with Crippen molar-refractivity contribution in [3.05, 3.63) is 72.4 Å². The Balaban J connectivity index is 1.70. The van der Waals surface area contributed by atoms with Crippen LogP contribution >= 0.6 is 0 Å². The molecule has 0 radical (unpaired) electrons. The van der Waals surface area contributed by atoms with Crippen LogP contribution in [0.3, 0.4) is 0 Å². The first kappa shape index (κ1) is 17.1. The van der Waals surface area contributed by atoms with Crippen LogP contribution in [0.5, 0.6) is 5.75 Å². The molecule has 1 heterocycles. The molecule has 0 fully saturated rings. The van der Waals surface area contributed by atoms with Gasteiger partial charge >= 0.3 is 0 Å². The summed E-state index contributed by atoms with van der Waals surface area (Å²) in [6.07, 6.45) is 0. The molecule has 1 amide bonds. The van der Waals surface area contributed by atoms with Gasteiger partial charge in [0.15, 0.2) is 5.75 Å². The monoisotopic (exact) mass is 360 g/mol. The summed E-state index contributed by atoms with van der Waals surface area (Å²) >= 11 is 0. The van der Waals surface area contributed by atoms with E-state index in [1.807, 2.05) is 66.7 Å². The number of nitrogens with two attached hydrogens (primary N) is 1. The van der Waals surface area contributed by atoms with Crippen molar-refractivity contribution in [1.82, 2.24) is 10.4 Å². The smallest absolute Gasteiger partial charge is 0.276 e. The second-order valence-corrected chi connectivity index (χ2v) is 6.16. The van der Waals surface area contributed by atoms with Gasteiger partial charge in [-0.05, 0) is 23.6 Å². The molecule has 4 rings (SSSR count). The van der Waals surface area contributed by atoms with Crippen molar-refractivity contribution in [2.75, 3.05) is 18.5 Å². The van der Waals surface area contributed by atoms with Gasteiger partial charge in [0.1, 0.15) is 12.3 Å². The molecule has 6 heteroatoms. The molecule has 3 aromatic carbocycles. The Morgan fingerprint density at radius 1 is 0.963 bits per heavy atom. The zero-order chi connectivity index (χ0) is 18.6. The topological polar surface area (TPSA) is 92.2 Å². The summed E-state index contributed by atoms with van der Waals surface area (Å²) in [6.45, 7) is 0.830. The van der Waals surface area contributed by atoms with Crippen LogP contribution in [-0.2, 0) is 0 Å². The van der Waals surface area contributed by atoms with Gasteiger partial charge in [0, 0.05) is 28.5 Å². The summed E-state index contributed by atoms with van der Waals surface area (Å²) in [5, 5.41) is 5.91. The first-order valence-electron chi connectivity index (χ1n) is 8.74. The number of rotatable bonds is 6. The van der Waals surface area contributed by atoms with E-state index in [0.717, 1.165) is 27.4 Å². The lowest BCUT2D eigenvalue weighted by Crippen LogP contribution is -2.27. The van der Waals surface area contributed by atoms with Gasteiger partial charge in [-0.1, -0.05) is 48.5 Å². The normalized spacial score (nSPS) is 11.0. The molecule has 5 N–H and O–H groups in total. The van der Waals surface area contributed by atoms with Crippen LogP contribution in [-0.4, -0.2) is 24.0 Å². The predicted octanol–water partition coefficient (Wildman–Crippen LogP) is 3.42. The molecule has 0 saturated heterocycles. The van der Waals surface area contributed by atoms with Gasteiger partial charge in [-0.15, -0.1) is 0 Å². The summed E-state index contributed by atoms with van der Waals surface area (Å²) in [6, 6.07) is 21.4. The number of aromatic amines is 1. The lowest BCUT2D eigenvalue weighted by molar-refractivity contribution is 0.101. The van der Waals surface area contributed by atoms with E-state index in [2.05, 4.69) is 15.7 Å². The standard InChI is InChI=1S/C21H20N4O2/c22-23-12-13-27-20-16-9-3-4-10-18(16)24-19(20)21(26)25-17-11-5-7-14-6-1-2-8-15(14)17/h1-11,23-24H,12-13,22H2,(H,25,26). The number of carbonyl (C=O) groups is 1. The Hall–Kier alpha value is -3.35. The van der Waals surface area contributed by atoms with E-state index < -0.39 is 0 Å². The van der Waals surface area contributed by atoms with Crippen LogP contribution < -0.4 is 21.3 Å². The average molecular weight is 360 g/mol. The maximum absolute atomic E-state index is 13.0. The molecule has 27 heavy (non-hydrogen) atoms. The van der Waals surface area contributed by atoms with Crippen molar-refractivity contribution in [3.63, 3.8) is 0 Å². The van der Waals surface area contributed by atoms with Crippen molar-refractivity contribution >= 4 is 33.3 Å². The van der Waals surface area contributed by atoms with E-state index in [0.29, 0.717) is 24.6 Å². The van der Waals surface area contributed by atoms with Crippen LogP contribution in [0.15, 0.2) is 66.7 Å². The van der Waals surface area contributed by atoms with Gasteiger partial charge in [-0.25, -0.2) is 0 Å². The summed E-state index contributed by atoms with van der Waals surface area (Å²) in [4.78, 5) is 16.2. The van der Waals surface area contributed by atoms with Gasteiger partial charge in [0.25, 0.3) is 5.91 Å². The Morgan fingerprint density at radius 2 is 1.70 bits per heavy atom. The highest BCUT2D eigenvalue weighted by Crippen LogP contribution is 2.31. The number of hydrazine groups is 1. The number of amides is 1. The van der Waals surface area contributed by atoms with Crippen molar-refractivity contribution < 1.29 is 9.53 Å². The highest BCUT2D eigenvalue weighted by Gasteiger charge is 2.19. The largest absolute Gasteiger partial charge is 0.489 e. The van der Waals surface area contributed by atoms with Crippen molar-refractivity contribution in [2.45, 2.75) is 0 Å². The third-order valence-corrected chi connectivity index (χ3v) is 4.42. The van der Waals surface area contributed by atoms with Crippen molar-refractivity contribution in [3.8, 4) is 5.75 Å². The Bertz CT molecular complexity index is 1100. The second kappa shape index (κ2) is 7.49. The third-order valence-electron chi connectivity index (χ3n) is 4.42. The van der Waals surface area contributed by atoms with Gasteiger partial charge in [-0.2, -0.15) is 0 Å². The van der Waals surface area contributed by atoms with Crippen molar-refractivity contribution in [1.29, 1.82) is 0 Å². The molecule has 1 aromatic heterocycles. The Labute approximate surface area is 156 Å². The minimum absolute atomic E-state index is 0.252. The molecule has 4 aromatic rings. The lowest BCUT2D eigenvalue weighted by Gasteiger charge is -2.10. The molecule has 0 aliphatic heterocycles. The van der Waals surface area contributed by atoms with E-state index in [1.165, 1.54) is 0 Å². The number of aromatic nitrogens is 1. The lowest BCUT2D eigenvalue weighted by atomic mass is 10.1. The molecule has 0 bridgehead atoms. The maximum atomic E-state index is 13.0. The number of para-hydroxylation sites is 1. The summed E-state index contributed by atoms with van der Waals surface area (Å²) in [7, 11) is 0. The second-order valence-electron chi connectivity index (χ2n) is 6.16. The highest BCUT2D eigenvalue weighted by molar-refractivity contribution is 6.12. The third kappa shape index (κ3) is 3.36. The fourth-order valence-electron chi connectivity index (χ4n) is 3.16. The first-order chi connectivity index (χ1) is 13.3. The van der Waals surface area contributed by atoms with E-state index >= 15 is 0 Å². The quantitative estimate of drug-likeness (QED) is 0.241. The molecule has 6 nitrogen and oxygen atoms in total. The van der Waals surface area contributed by atoms with Gasteiger partial charge in [0.2, 0.25) is 0 Å². The predicted molar refractivity (Wildman–Crippen MR) is 108 cm³/mol. The number of anilines is 1. The molecular weight excluding hydrogens is 340 g/mol.